The van der Waals surface area contributed by atoms with Crippen molar-refractivity contribution < 1.29 is 19.6 Å². The van der Waals surface area contributed by atoms with Crippen molar-refractivity contribution in [2.75, 3.05) is 5.32 Å². The van der Waals surface area contributed by atoms with Gasteiger partial charge in [-0.3, -0.25) is 14.9 Å². The molecular formula is C20H14N4O5. The molecule has 9 nitrogen and oxygen atoms in total. The molecule has 3 rings (SSSR count). The van der Waals surface area contributed by atoms with Gasteiger partial charge in [0.25, 0.3) is 11.6 Å². The first-order valence-electron chi connectivity index (χ1n) is 8.33. The van der Waals surface area contributed by atoms with Gasteiger partial charge in [0.15, 0.2) is 0 Å². The molecule has 0 fully saturated rings. The maximum Gasteiger partial charge on any atom is 0.287 e. The number of hydrogen-bond donors (Lipinski definition) is 2. The maximum atomic E-state index is 12.6. The monoisotopic (exact) mass is 390 g/mol. The Hall–Kier alpha value is -4.45. The van der Waals surface area contributed by atoms with Crippen LogP contribution in [0, 0.1) is 21.4 Å². The molecule has 2 aromatic carbocycles. The van der Waals surface area contributed by atoms with Crippen LogP contribution in [-0.2, 0) is 6.61 Å². The zero-order chi connectivity index (χ0) is 20.8. The zero-order valence-electron chi connectivity index (χ0n) is 14.9. The Bertz CT molecular complexity index is 1110. The number of phenolic OH excluding ortho intramolecular Hbond substituents is 1. The summed E-state index contributed by atoms with van der Waals surface area (Å²) in [6, 6.07) is 15.5. The Kier molecular flexibility index (Phi) is 5.66. The third-order valence-corrected chi connectivity index (χ3v) is 3.93. The van der Waals surface area contributed by atoms with Crippen molar-refractivity contribution >= 4 is 17.4 Å². The van der Waals surface area contributed by atoms with Gasteiger partial charge in [-0.2, -0.15) is 5.26 Å². The summed E-state index contributed by atoms with van der Waals surface area (Å²) >= 11 is 0. The molecule has 0 aliphatic carbocycles. The molecule has 2 N–H and O–H groups in total. The molecule has 0 saturated carbocycles. The van der Waals surface area contributed by atoms with Crippen molar-refractivity contribution in [3.63, 3.8) is 0 Å². The van der Waals surface area contributed by atoms with Gasteiger partial charge in [-0.25, -0.2) is 4.98 Å². The Morgan fingerprint density at radius 3 is 2.72 bits per heavy atom. The molecule has 0 spiro atoms. The van der Waals surface area contributed by atoms with E-state index in [1.54, 1.807) is 24.3 Å². The minimum absolute atomic E-state index is 0.0413. The number of hydrogen-bond acceptors (Lipinski definition) is 7. The average Bonchev–Trinajstić information content (AvgIpc) is 2.73. The number of ether oxygens (including phenoxy) is 1. The van der Waals surface area contributed by atoms with Gasteiger partial charge in [0, 0.05) is 11.6 Å². The molecule has 0 bridgehead atoms. The van der Waals surface area contributed by atoms with E-state index in [0.29, 0.717) is 11.1 Å². The van der Waals surface area contributed by atoms with Gasteiger partial charge in [-0.1, -0.05) is 18.2 Å². The second kappa shape index (κ2) is 8.49. The molecule has 144 valence electrons. The van der Waals surface area contributed by atoms with Gasteiger partial charge in [-0.05, 0) is 30.3 Å². The molecule has 0 aliphatic rings. The number of amides is 1. The minimum Gasteiger partial charge on any atom is -0.508 e. The van der Waals surface area contributed by atoms with Crippen LogP contribution in [0.3, 0.4) is 0 Å². The first-order valence-corrected chi connectivity index (χ1v) is 8.33. The summed E-state index contributed by atoms with van der Waals surface area (Å²) in [7, 11) is 0. The minimum atomic E-state index is -0.620. The van der Waals surface area contributed by atoms with E-state index in [2.05, 4.69) is 16.4 Å². The summed E-state index contributed by atoms with van der Waals surface area (Å²) in [5.41, 5.74) is 0.930. The summed E-state index contributed by atoms with van der Waals surface area (Å²) in [6.07, 6.45) is 1.02. The lowest BCUT2D eigenvalue weighted by molar-refractivity contribution is -0.385. The zero-order valence-corrected chi connectivity index (χ0v) is 14.9. The van der Waals surface area contributed by atoms with Crippen LogP contribution in [0.15, 0.2) is 60.8 Å². The number of aromatic nitrogens is 1. The van der Waals surface area contributed by atoms with Gasteiger partial charge >= 0.3 is 0 Å². The van der Waals surface area contributed by atoms with E-state index < -0.39 is 10.8 Å². The predicted octanol–water partition coefficient (Wildman–Crippen LogP) is 3.40. The molecule has 9 heteroatoms. The molecule has 0 unspecified atom stereocenters. The van der Waals surface area contributed by atoms with Crippen molar-refractivity contribution in [3.8, 4) is 17.6 Å². The summed E-state index contributed by atoms with van der Waals surface area (Å²) in [5.74, 6) is -0.470. The van der Waals surface area contributed by atoms with E-state index in [1.165, 1.54) is 30.3 Å². The standard InChI is InChI=1S/C20H14N4O5/c21-10-13-3-1-2-4-14(13)12-29-18-7-6-16(25)9-17(18)20(26)23-19-8-5-15(11-22-19)24(27)28/h1-9,11,25H,12H2,(H,22,23,26). The Labute approximate surface area is 165 Å². The topological polar surface area (TPSA) is 138 Å². The lowest BCUT2D eigenvalue weighted by Crippen LogP contribution is -2.14. The van der Waals surface area contributed by atoms with Crippen molar-refractivity contribution in [2.45, 2.75) is 6.61 Å². The molecule has 1 heterocycles. The number of nitriles is 1. The number of rotatable bonds is 6. The molecular weight excluding hydrogens is 376 g/mol. The lowest BCUT2D eigenvalue weighted by Gasteiger charge is -2.12. The number of phenols is 1. The Morgan fingerprint density at radius 2 is 2.03 bits per heavy atom. The molecule has 0 saturated heterocycles. The average molecular weight is 390 g/mol. The molecule has 0 atom stereocenters. The van der Waals surface area contributed by atoms with Crippen molar-refractivity contribution in [2.24, 2.45) is 0 Å². The first kappa shape index (κ1) is 19.3. The highest BCUT2D eigenvalue weighted by Gasteiger charge is 2.16. The number of aromatic hydroxyl groups is 1. The molecule has 1 amide bonds. The number of nitro groups is 1. The summed E-state index contributed by atoms with van der Waals surface area (Å²) < 4.78 is 5.70. The van der Waals surface area contributed by atoms with Gasteiger partial charge in [0.2, 0.25) is 0 Å². The van der Waals surface area contributed by atoms with E-state index in [1.807, 2.05) is 0 Å². The van der Waals surface area contributed by atoms with E-state index in [-0.39, 0.29) is 35.2 Å². The molecule has 1 aromatic heterocycles. The number of carbonyl (C=O) groups is 1. The van der Waals surface area contributed by atoms with E-state index in [0.717, 1.165) is 6.20 Å². The number of benzene rings is 2. The highest BCUT2D eigenvalue weighted by atomic mass is 16.6. The largest absolute Gasteiger partial charge is 0.508 e. The van der Waals surface area contributed by atoms with E-state index in [9.17, 15) is 20.0 Å². The SMILES string of the molecule is N#Cc1ccccc1COc1ccc(O)cc1C(=O)Nc1ccc([N+](=O)[O-])cn1. The number of pyridine rings is 1. The van der Waals surface area contributed by atoms with Gasteiger partial charge in [-0.15, -0.1) is 0 Å². The van der Waals surface area contributed by atoms with Crippen LogP contribution in [0.4, 0.5) is 11.5 Å². The van der Waals surface area contributed by atoms with Crippen LogP contribution in [0.2, 0.25) is 0 Å². The smallest absolute Gasteiger partial charge is 0.287 e. The van der Waals surface area contributed by atoms with Gasteiger partial charge in [0.05, 0.1) is 22.1 Å². The fourth-order valence-electron chi connectivity index (χ4n) is 2.48. The molecule has 3 aromatic rings. The Balaban J connectivity index is 1.79. The van der Waals surface area contributed by atoms with Crippen molar-refractivity contribution in [1.29, 1.82) is 5.26 Å². The summed E-state index contributed by atoms with van der Waals surface area (Å²) in [6.45, 7) is 0.0462. The quantitative estimate of drug-likeness (QED) is 0.486. The van der Waals surface area contributed by atoms with E-state index >= 15 is 0 Å². The fourth-order valence-corrected chi connectivity index (χ4v) is 2.48. The Morgan fingerprint density at radius 1 is 1.24 bits per heavy atom. The number of nitrogens with zero attached hydrogens (tertiary/aromatic N) is 3. The van der Waals surface area contributed by atoms with Crippen LogP contribution in [0.5, 0.6) is 11.5 Å². The first-order chi connectivity index (χ1) is 14.0. The highest BCUT2D eigenvalue weighted by Crippen LogP contribution is 2.26. The second-order valence-corrected chi connectivity index (χ2v) is 5.85. The third-order valence-electron chi connectivity index (χ3n) is 3.93. The molecule has 29 heavy (non-hydrogen) atoms. The predicted molar refractivity (Wildman–Crippen MR) is 102 cm³/mol. The van der Waals surface area contributed by atoms with Crippen LogP contribution in [0.1, 0.15) is 21.5 Å². The van der Waals surface area contributed by atoms with Gasteiger partial charge in [0.1, 0.15) is 30.1 Å². The van der Waals surface area contributed by atoms with Crippen LogP contribution >= 0.6 is 0 Å². The van der Waals surface area contributed by atoms with Crippen molar-refractivity contribution in [1.82, 2.24) is 4.98 Å². The van der Waals surface area contributed by atoms with Crippen LogP contribution < -0.4 is 10.1 Å². The fraction of sp³-hybridized carbons (Fsp3) is 0.0500. The van der Waals surface area contributed by atoms with Gasteiger partial charge < -0.3 is 15.2 Å². The summed E-state index contributed by atoms with van der Waals surface area (Å²) in [5, 5.41) is 32.1. The normalized spacial score (nSPS) is 10.0. The number of nitrogens with one attached hydrogen (secondary N) is 1. The highest BCUT2D eigenvalue weighted by molar-refractivity contribution is 6.06. The third kappa shape index (κ3) is 4.64. The van der Waals surface area contributed by atoms with Crippen molar-refractivity contribution in [3.05, 3.63) is 87.6 Å². The summed E-state index contributed by atoms with van der Waals surface area (Å²) in [4.78, 5) is 26.5. The van der Waals surface area contributed by atoms with Crippen LogP contribution in [0.25, 0.3) is 0 Å². The lowest BCUT2D eigenvalue weighted by atomic mass is 10.1. The molecule has 0 aliphatic heterocycles. The second-order valence-electron chi connectivity index (χ2n) is 5.85. The number of carbonyl (C=O) groups excluding carboxylic acids is 1. The number of anilines is 1. The van der Waals surface area contributed by atoms with E-state index in [4.69, 9.17) is 10.00 Å². The maximum absolute atomic E-state index is 12.6. The van der Waals surface area contributed by atoms with Crippen LogP contribution in [-0.4, -0.2) is 20.9 Å². The molecule has 0 radical (unpaired) electrons.